The molecule has 0 aromatic heterocycles. The normalized spacial score (nSPS) is 20.6. The van der Waals surface area contributed by atoms with Gasteiger partial charge in [0, 0.05) is 26.1 Å². The second-order valence-corrected chi connectivity index (χ2v) is 7.15. The van der Waals surface area contributed by atoms with Crippen molar-refractivity contribution in [1.29, 1.82) is 0 Å². The summed E-state index contributed by atoms with van der Waals surface area (Å²) in [5.74, 6) is -0.121. The van der Waals surface area contributed by atoms with E-state index in [2.05, 4.69) is 5.32 Å². The van der Waals surface area contributed by atoms with Gasteiger partial charge in [0.2, 0.25) is 15.9 Å². The molecule has 2 rings (SSSR count). The Labute approximate surface area is 120 Å². The lowest BCUT2D eigenvalue weighted by Crippen LogP contribution is -2.49. The van der Waals surface area contributed by atoms with Gasteiger partial charge in [-0.3, -0.25) is 4.79 Å². The highest BCUT2D eigenvalue weighted by Gasteiger charge is 2.30. The summed E-state index contributed by atoms with van der Waals surface area (Å²) in [6.45, 7) is 4.22. The van der Waals surface area contributed by atoms with Crippen molar-refractivity contribution in [3.05, 3.63) is 29.8 Å². The van der Waals surface area contributed by atoms with Gasteiger partial charge in [0.15, 0.2) is 0 Å². The summed E-state index contributed by atoms with van der Waals surface area (Å²) in [6.07, 6.45) is 1.58. The maximum absolute atomic E-state index is 12.5. The number of carbonyl (C=O) groups is 1. The summed E-state index contributed by atoms with van der Waals surface area (Å²) >= 11 is 0. The number of nitrogens with one attached hydrogen (secondary N) is 1. The van der Waals surface area contributed by atoms with Crippen molar-refractivity contribution >= 4 is 15.9 Å². The zero-order chi connectivity index (χ0) is 14.8. The lowest BCUT2D eigenvalue weighted by Gasteiger charge is -2.32. The fraction of sp³-hybridized carbons (Fsp3) is 0.500. The molecule has 1 aliphatic rings. The van der Waals surface area contributed by atoms with Crippen molar-refractivity contribution in [3.63, 3.8) is 0 Å². The molecule has 1 aromatic carbocycles. The highest BCUT2D eigenvalue weighted by atomic mass is 32.2. The number of aryl methyl sites for hydroxylation is 1. The third kappa shape index (κ3) is 3.37. The summed E-state index contributed by atoms with van der Waals surface area (Å²) < 4.78 is 26.5. The molecule has 5 nitrogen and oxygen atoms in total. The van der Waals surface area contributed by atoms with Gasteiger partial charge in [0.25, 0.3) is 0 Å². The predicted molar refractivity (Wildman–Crippen MR) is 76.8 cm³/mol. The number of piperidine rings is 1. The van der Waals surface area contributed by atoms with Crippen molar-refractivity contribution in [2.45, 2.75) is 37.6 Å². The first-order valence-corrected chi connectivity index (χ1v) is 8.17. The molecule has 20 heavy (non-hydrogen) atoms. The fourth-order valence-corrected chi connectivity index (χ4v) is 3.95. The molecule has 110 valence electrons. The third-order valence-electron chi connectivity index (χ3n) is 3.45. The highest BCUT2D eigenvalue weighted by molar-refractivity contribution is 7.89. The molecule has 1 heterocycles. The van der Waals surface area contributed by atoms with Gasteiger partial charge < -0.3 is 5.32 Å². The molecule has 1 N–H and O–H groups in total. The molecule has 1 aliphatic heterocycles. The molecule has 0 aliphatic carbocycles. The van der Waals surface area contributed by atoms with Crippen LogP contribution in [0.5, 0.6) is 0 Å². The number of nitrogens with zero attached hydrogens (tertiary/aromatic N) is 1. The molecular formula is C14H20N2O3S. The van der Waals surface area contributed by atoms with Gasteiger partial charge in [0.05, 0.1) is 4.90 Å². The number of carbonyl (C=O) groups excluding carboxylic acids is 1. The zero-order valence-electron chi connectivity index (χ0n) is 11.8. The molecule has 0 saturated carbocycles. The first kappa shape index (κ1) is 15.0. The van der Waals surface area contributed by atoms with E-state index in [0.717, 1.165) is 18.4 Å². The second kappa shape index (κ2) is 5.93. The minimum absolute atomic E-state index is 0.0959. The van der Waals surface area contributed by atoms with Gasteiger partial charge in [-0.05, 0) is 31.9 Å². The number of hydrogen-bond acceptors (Lipinski definition) is 3. The molecule has 1 unspecified atom stereocenters. The van der Waals surface area contributed by atoms with Gasteiger partial charge in [-0.1, -0.05) is 17.7 Å². The number of hydrogen-bond donors (Lipinski definition) is 1. The Bertz CT molecular complexity index is 581. The number of benzene rings is 1. The molecule has 1 atom stereocenters. The van der Waals surface area contributed by atoms with Crippen LogP contribution in [0.4, 0.5) is 0 Å². The maximum atomic E-state index is 12.5. The minimum Gasteiger partial charge on any atom is -0.352 e. The van der Waals surface area contributed by atoms with E-state index in [1.807, 2.05) is 6.92 Å². The van der Waals surface area contributed by atoms with E-state index >= 15 is 0 Å². The first-order valence-electron chi connectivity index (χ1n) is 6.73. The Morgan fingerprint density at radius 3 is 2.55 bits per heavy atom. The molecule has 1 amide bonds. The number of rotatable bonds is 3. The molecule has 1 fully saturated rings. The SMILES string of the molecule is CC(=O)NC1CCCN(S(=O)(=O)c2ccc(C)cc2)C1. The lowest BCUT2D eigenvalue weighted by atomic mass is 10.1. The van der Waals surface area contributed by atoms with E-state index in [4.69, 9.17) is 0 Å². The summed E-state index contributed by atoms with van der Waals surface area (Å²) in [6, 6.07) is 6.75. The van der Waals surface area contributed by atoms with E-state index in [0.29, 0.717) is 18.0 Å². The third-order valence-corrected chi connectivity index (χ3v) is 5.33. The maximum Gasteiger partial charge on any atom is 0.243 e. The Morgan fingerprint density at radius 2 is 1.95 bits per heavy atom. The summed E-state index contributed by atoms with van der Waals surface area (Å²) in [4.78, 5) is 11.4. The summed E-state index contributed by atoms with van der Waals surface area (Å²) in [7, 11) is -3.47. The number of sulfonamides is 1. The molecule has 1 aromatic rings. The Balaban J connectivity index is 2.16. The van der Waals surface area contributed by atoms with E-state index in [9.17, 15) is 13.2 Å². The van der Waals surface area contributed by atoms with Crippen molar-refractivity contribution in [2.24, 2.45) is 0 Å². The van der Waals surface area contributed by atoms with E-state index in [-0.39, 0.29) is 11.9 Å². The Morgan fingerprint density at radius 1 is 1.30 bits per heavy atom. The van der Waals surface area contributed by atoms with Gasteiger partial charge in [-0.25, -0.2) is 8.42 Å². The van der Waals surface area contributed by atoms with Crippen LogP contribution in [0.25, 0.3) is 0 Å². The highest BCUT2D eigenvalue weighted by Crippen LogP contribution is 2.21. The van der Waals surface area contributed by atoms with Crippen LogP contribution in [0.1, 0.15) is 25.3 Å². The van der Waals surface area contributed by atoms with Crippen molar-refractivity contribution in [1.82, 2.24) is 9.62 Å². The van der Waals surface area contributed by atoms with Crippen LogP contribution in [0, 0.1) is 6.92 Å². The van der Waals surface area contributed by atoms with Gasteiger partial charge in [0.1, 0.15) is 0 Å². The smallest absolute Gasteiger partial charge is 0.243 e. The predicted octanol–water partition coefficient (Wildman–Crippen LogP) is 1.28. The lowest BCUT2D eigenvalue weighted by molar-refractivity contribution is -0.119. The van der Waals surface area contributed by atoms with Crippen LogP contribution in [0.2, 0.25) is 0 Å². The first-order chi connectivity index (χ1) is 9.39. The fourth-order valence-electron chi connectivity index (χ4n) is 2.43. The minimum atomic E-state index is -3.47. The van der Waals surface area contributed by atoms with Gasteiger partial charge in [-0.2, -0.15) is 4.31 Å². The van der Waals surface area contributed by atoms with Crippen molar-refractivity contribution in [3.8, 4) is 0 Å². The van der Waals surface area contributed by atoms with Crippen LogP contribution in [-0.4, -0.2) is 37.8 Å². The monoisotopic (exact) mass is 296 g/mol. The average molecular weight is 296 g/mol. The average Bonchev–Trinajstić information content (AvgIpc) is 2.39. The second-order valence-electron chi connectivity index (χ2n) is 5.22. The Kier molecular flexibility index (Phi) is 4.45. The van der Waals surface area contributed by atoms with E-state index < -0.39 is 10.0 Å². The Hall–Kier alpha value is -1.40. The summed E-state index contributed by atoms with van der Waals surface area (Å²) in [5.41, 5.74) is 1.03. The van der Waals surface area contributed by atoms with Crippen LogP contribution >= 0.6 is 0 Å². The van der Waals surface area contributed by atoms with Crippen molar-refractivity contribution in [2.75, 3.05) is 13.1 Å². The van der Waals surface area contributed by atoms with Crippen LogP contribution in [0.3, 0.4) is 0 Å². The number of amides is 1. The molecular weight excluding hydrogens is 276 g/mol. The topological polar surface area (TPSA) is 66.5 Å². The molecule has 0 radical (unpaired) electrons. The molecule has 1 saturated heterocycles. The summed E-state index contributed by atoms with van der Waals surface area (Å²) in [5, 5.41) is 2.80. The van der Waals surface area contributed by atoms with Crippen LogP contribution in [0.15, 0.2) is 29.2 Å². The molecule has 0 spiro atoms. The quantitative estimate of drug-likeness (QED) is 0.914. The van der Waals surface area contributed by atoms with Crippen LogP contribution in [-0.2, 0) is 14.8 Å². The van der Waals surface area contributed by atoms with Crippen LogP contribution < -0.4 is 5.32 Å². The molecule has 6 heteroatoms. The standard InChI is InChI=1S/C14H20N2O3S/c1-11-5-7-14(8-6-11)20(18,19)16-9-3-4-13(10-16)15-12(2)17/h5-8,13H,3-4,9-10H2,1-2H3,(H,15,17). The largest absolute Gasteiger partial charge is 0.352 e. The zero-order valence-corrected chi connectivity index (χ0v) is 12.6. The van der Waals surface area contributed by atoms with Gasteiger partial charge in [-0.15, -0.1) is 0 Å². The van der Waals surface area contributed by atoms with E-state index in [1.165, 1.54) is 11.2 Å². The van der Waals surface area contributed by atoms with Crippen molar-refractivity contribution < 1.29 is 13.2 Å². The van der Waals surface area contributed by atoms with Gasteiger partial charge >= 0.3 is 0 Å². The molecule has 0 bridgehead atoms. The van der Waals surface area contributed by atoms with E-state index in [1.54, 1.807) is 24.3 Å².